The minimum atomic E-state index is -0.0527. The third-order valence-corrected chi connectivity index (χ3v) is 5.51. The minimum absolute atomic E-state index is 0.0527. The number of thiophene rings is 1. The molecule has 0 spiro atoms. The lowest BCUT2D eigenvalue weighted by Crippen LogP contribution is -2.25. The normalized spacial score (nSPS) is 18.1. The first kappa shape index (κ1) is 13.7. The molecule has 0 unspecified atom stereocenters. The second-order valence-corrected chi connectivity index (χ2v) is 6.90. The fraction of sp³-hybridized carbons (Fsp3) is 0.667. The zero-order valence-corrected chi connectivity index (χ0v) is 13.1. The Kier molecular flexibility index (Phi) is 3.63. The van der Waals surface area contributed by atoms with Crippen LogP contribution in [0.3, 0.4) is 0 Å². The summed E-state index contributed by atoms with van der Waals surface area (Å²) in [5.74, 6) is 1.37. The fourth-order valence-electron chi connectivity index (χ4n) is 2.70. The van der Waals surface area contributed by atoms with Crippen molar-refractivity contribution < 1.29 is 4.79 Å². The van der Waals surface area contributed by atoms with E-state index in [4.69, 9.17) is 5.73 Å². The van der Waals surface area contributed by atoms with E-state index in [-0.39, 0.29) is 5.91 Å². The Hall–Kier alpha value is -1.23. The van der Waals surface area contributed by atoms with Crippen molar-refractivity contribution >= 4 is 27.9 Å². The molecule has 3 rings (SSSR count). The van der Waals surface area contributed by atoms with E-state index >= 15 is 0 Å². The highest BCUT2D eigenvalue weighted by Crippen LogP contribution is 2.52. The molecule has 2 aliphatic rings. The Balaban J connectivity index is 1.96. The van der Waals surface area contributed by atoms with Gasteiger partial charge in [-0.2, -0.15) is 0 Å². The molecule has 3 N–H and O–H groups in total. The summed E-state index contributed by atoms with van der Waals surface area (Å²) < 4.78 is 0. The molecule has 0 saturated heterocycles. The summed E-state index contributed by atoms with van der Waals surface area (Å²) in [4.78, 5) is 15.1. The van der Waals surface area contributed by atoms with Crippen molar-refractivity contribution in [3.05, 3.63) is 10.4 Å². The Morgan fingerprint density at radius 3 is 2.60 bits per heavy atom. The quantitative estimate of drug-likeness (QED) is 0.848. The smallest absolute Gasteiger partial charge is 0.263 e. The molecule has 1 heterocycles. The summed E-state index contributed by atoms with van der Waals surface area (Å²) in [6.45, 7) is 4.29. The molecule has 5 heteroatoms. The number of hydrogen-bond acceptors (Lipinski definition) is 4. The van der Waals surface area contributed by atoms with Gasteiger partial charge in [-0.3, -0.25) is 4.79 Å². The maximum atomic E-state index is 12.0. The first-order valence-electron chi connectivity index (χ1n) is 7.54. The summed E-state index contributed by atoms with van der Waals surface area (Å²) in [5.41, 5.74) is 8.25. The van der Waals surface area contributed by atoms with Crippen molar-refractivity contribution in [3.63, 3.8) is 0 Å². The summed E-state index contributed by atoms with van der Waals surface area (Å²) in [5, 5.41) is 3.95. The molecule has 0 radical (unpaired) electrons. The molecule has 0 aliphatic heterocycles. The van der Waals surface area contributed by atoms with Gasteiger partial charge in [-0.05, 0) is 44.4 Å². The zero-order valence-electron chi connectivity index (χ0n) is 12.2. The Morgan fingerprint density at radius 2 is 2.10 bits per heavy atom. The molecule has 1 aromatic heterocycles. The molecule has 2 fully saturated rings. The van der Waals surface area contributed by atoms with Gasteiger partial charge in [-0.1, -0.05) is 0 Å². The van der Waals surface area contributed by atoms with Crippen LogP contribution in [-0.4, -0.2) is 26.0 Å². The average molecular weight is 293 g/mol. The van der Waals surface area contributed by atoms with Gasteiger partial charge in [0.2, 0.25) is 0 Å². The van der Waals surface area contributed by atoms with Crippen molar-refractivity contribution in [2.75, 3.05) is 30.8 Å². The molecule has 4 nitrogen and oxygen atoms in total. The van der Waals surface area contributed by atoms with Crippen molar-refractivity contribution in [1.82, 2.24) is 5.32 Å². The van der Waals surface area contributed by atoms with Crippen molar-refractivity contribution in [3.8, 4) is 0 Å². The van der Waals surface area contributed by atoms with Crippen LogP contribution in [0.2, 0.25) is 0 Å². The number of nitrogen functional groups attached to an aromatic ring is 1. The van der Waals surface area contributed by atoms with Crippen molar-refractivity contribution in [2.24, 2.45) is 5.92 Å². The number of nitrogens with one attached hydrogen (secondary N) is 1. The van der Waals surface area contributed by atoms with Crippen LogP contribution < -0.4 is 16.0 Å². The standard InChI is InChI=1S/C15H23N3OS/c1-3-18(8-9-4-5-9)15-11(10-6-7-10)12(16)13(20-15)14(19)17-2/h9-10H,3-8,16H2,1-2H3,(H,17,19). The van der Waals surface area contributed by atoms with Crippen LogP contribution in [0.4, 0.5) is 10.7 Å². The van der Waals surface area contributed by atoms with Crippen LogP contribution in [0.1, 0.15) is 53.8 Å². The van der Waals surface area contributed by atoms with E-state index in [9.17, 15) is 4.79 Å². The van der Waals surface area contributed by atoms with Crippen molar-refractivity contribution in [1.29, 1.82) is 0 Å². The van der Waals surface area contributed by atoms with E-state index in [1.54, 1.807) is 18.4 Å². The number of nitrogens with zero attached hydrogens (tertiary/aromatic N) is 1. The van der Waals surface area contributed by atoms with Gasteiger partial charge < -0.3 is 16.0 Å². The number of carbonyl (C=O) groups excluding carboxylic acids is 1. The topological polar surface area (TPSA) is 58.4 Å². The maximum absolute atomic E-state index is 12.0. The Labute approximate surface area is 124 Å². The molecular weight excluding hydrogens is 270 g/mol. The predicted molar refractivity (Wildman–Crippen MR) is 84.7 cm³/mol. The Morgan fingerprint density at radius 1 is 1.40 bits per heavy atom. The van der Waals surface area contributed by atoms with Crippen LogP contribution in [0.15, 0.2) is 0 Å². The van der Waals surface area contributed by atoms with Gasteiger partial charge in [-0.15, -0.1) is 11.3 Å². The lowest BCUT2D eigenvalue weighted by molar-refractivity contribution is 0.0968. The molecule has 2 saturated carbocycles. The number of amides is 1. The molecule has 0 bridgehead atoms. The summed E-state index contributed by atoms with van der Waals surface area (Å²) in [7, 11) is 1.67. The summed E-state index contributed by atoms with van der Waals surface area (Å²) in [6, 6.07) is 0. The second kappa shape index (κ2) is 5.28. The summed E-state index contributed by atoms with van der Waals surface area (Å²) in [6.07, 6.45) is 5.11. The second-order valence-electron chi connectivity index (χ2n) is 5.90. The molecule has 2 aliphatic carbocycles. The maximum Gasteiger partial charge on any atom is 0.263 e. The third-order valence-electron chi connectivity index (χ3n) is 4.23. The highest BCUT2D eigenvalue weighted by molar-refractivity contribution is 7.18. The highest BCUT2D eigenvalue weighted by Gasteiger charge is 2.35. The van der Waals surface area contributed by atoms with Gasteiger partial charge in [0.1, 0.15) is 4.88 Å². The zero-order chi connectivity index (χ0) is 14.3. The van der Waals surface area contributed by atoms with Crippen LogP contribution >= 0.6 is 11.3 Å². The van der Waals surface area contributed by atoms with Gasteiger partial charge in [0, 0.05) is 25.7 Å². The minimum Gasteiger partial charge on any atom is -0.397 e. The molecule has 1 aromatic rings. The van der Waals surface area contributed by atoms with Gasteiger partial charge in [0.05, 0.1) is 10.7 Å². The highest BCUT2D eigenvalue weighted by atomic mass is 32.1. The first-order chi connectivity index (χ1) is 9.65. The SMILES string of the molecule is CCN(CC1CC1)c1sc(C(=O)NC)c(N)c1C1CC1. The van der Waals surface area contributed by atoms with E-state index < -0.39 is 0 Å². The predicted octanol–water partition coefficient (Wildman–Crippen LogP) is 2.80. The molecular formula is C15H23N3OS. The van der Waals surface area contributed by atoms with Crippen LogP contribution in [-0.2, 0) is 0 Å². The number of carbonyl (C=O) groups is 1. The van der Waals surface area contributed by atoms with Gasteiger partial charge in [0.25, 0.3) is 5.91 Å². The third kappa shape index (κ3) is 2.51. The molecule has 0 aromatic carbocycles. The van der Waals surface area contributed by atoms with Crippen molar-refractivity contribution in [2.45, 2.75) is 38.5 Å². The average Bonchev–Trinajstić information content (AvgIpc) is 3.35. The van der Waals surface area contributed by atoms with Crippen LogP contribution in [0.5, 0.6) is 0 Å². The number of hydrogen-bond donors (Lipinski definition) is 2. The van der Waals surface area contributed by atoms with E-state index in [0.717, 1.165) is 24.7 Å². The Bertz CT molecular complexity index is 517. The first-order valence-corrected chi connectivity index (χ1v) is 8.36. The van der Waals surface area contributed by atoms with E-state index in [0.29, 0.717) is 10.8 Å². The number of nitrogens with two attached hydrogens (primary N) is 1. The number of rotatable bonds is 6. The number of anilines is 2. The monoisotopic (exact) mass is 293 g/mol. The lowest BCUT2D eigenvalue weighted by Gasteiger charge is -2.23. The largest absolute Gasteiger partial charge is 0.397 e. The molecule has 20 heavy (non-hydrogen) atoms. The lowest BCUT2D eigenvalue weighted by atomic mass is 10.1. The summed E-state index contributed by atoms with van der Waals surface area (Å²) >= 11 is 1.58. The van der Waals surface area contributed by atoms with Gasteiger partial charge in [-0.25, -0.2) is 0 Å². The van der Waals surface area contributed by atoms with E-state index in [1.165, 1.54) is 36.2 Å². The fourth-order valence-corrected chi connectivity index (χ4v) is 4.02. The van der Waals surface area contributed by atoms with Gasteiger partial charge >= 0.3 is 0 Å². The van der Waals surface area contributed by atoms with E-state index in [2.05, 4.69) is 17.1 Å². The van der Waals surface area contributed by atoms with Crippen LogP contribution in [0.25, 0.3) is 0 Å². The molecule has 110 valence electrons. The van der Waals surface area contributed by atoms with Gasteiger partial charge in [0.15, 0.2) is 0 Å². The molecule has 0 atom stereocenters. The molecule has 1 amide bonds. The van der Waals surface area contributed by atoms with E-state index in [1.807, 2.05) is 0 Å². The van der Waals surface area contributed by atoms with Crippen LogP contribution in [0, 0.1) is 5.92 Å².